The summed E-state index contributed by atoms with van der Waals surface area (Å²) in [5, 5.41) is 42.9. The van der Waals surface area contributed by atoms with E-state index in [9.17, 15) is 15.3 Å². The molecule has 0 bridgehead atoms. The Morgan fingerprint density at radius 3 is 2.41 bits per heavy atom. The van der Waals surface area contributed by atoms with E-state index in [1.165, 1.54) is 38.1 Å². The van der Waals surface area contributed by atoms with E-state index in [0.717, 1.165) is 10.8 Å². The second kappa shape index (κ2) is 15.5. The van der Waals surface area contributed by atoms with Crippen LogP contribution in [0.3, 0.4) is 0 Å². The third kappa shape index (κ3) is 8.40. The van der Waals surface area contributed by atoms with Gasteiger partial charge in [0.25, 0.3) is 0 Å². The average Bonchev–Trinajstić information content (AvgIpc) is 2.86. The Morgan fingerprint density at radius 2 is 1.74 bits per heavy atom. The van der Waals surface area contributed by atoms with Crippen LogP contribution in [-0.2, 0) is 6.61 Å². The van der Waals surface area contributed by atoms with E-state index in [-0.39, 0.29) is 39.1 Å². The summed E-state index contributed by atoms with van der Waals surface area (Å²) in [6.07, 6.45) is 8.43. The van der Waals surface area contributed by atoms with Crippen LogP contribution in [0.15, 0.2) is 58.9 Å². The van der Waals surface area contributed by atoms with Gasteiger partial charge in [-0.15, -0.1) is 0 Å². The van der Waals surface area contributed by atoms with Crippen LogP contribution >= 0.6 is 0 Å². The minimum absolute atomic E-state index is 0.149. The van der Waals surface area contributed by atoms with Crippen molar-refractivity contribution < 1.29 is 15.3 Å². The van der Waals surface area contributed by atoms with Crippen LogP contribution in [0.4, 0.5) is 0 Å². The number of pyridine rings is 1. The van der Waals surface area contributed by atoms with E-state index in [2.05, 4.69) is 29.0 Å². The van der Waals surface area contributed by atoms with Gasteiger partial charge >= 0.3 is 69.5 Å². The topological polar surface area (TPSA) is 104 Å². The largest absolute Gasteiger partial charge is 0.871 e. The predicted molar refractivity (Wildman–Crippen MR) is 138 cm³/mol. The molecule has 0 fully saturated rings. The summed E-state index contributed by atoms with van der Waals surface area (Å²) in [6, 6.07) is 12.9. The predicted octanol–water partition coefficient (Wildman–Crippen LogP) is 4.38. The van der Waals surface area contributed by atoms with Crippen LogP contribution in [0.25, 0.3) is 10.8 Å². The van der Waals surface area contributed by atoms with Crippen molar-refractivity contribution in [3.05, 3.63) is 71.0 Å². The second-order valence-electron chi connectivity index (χ2n) is 7.90. The molecule has 0 aliphatic heterocycles. The first kappa shape index (κ1) is 27.8. The molecule has 0 aliphatic rings. The fourth-order valence-corrected chi connectivity index (χ4v) is 7.40. The molecule has 0 spiro atoms. The fourth-order valence-electron chi connectivity index (χ4n) is 3.24. The molecule has 34 heavy (non-hydrogen) atoms. The number of fused-ring (bicyclic) bond motifs is 1. The van der Waals surface area contributed by atoms with E-state index in [1.54, 1.807) is 27.9 Å². The molecule has 3 aromatic rings. The molecule has 0 aliphatic carbocycles. The summed E-state index contributed by atoms with van der Waals surface area (Å²) in [6.45, 7) is 5.80. The van der Waals surface area contributed by atoms with Crippen molar-refractivity contribution in [2.24, 2.45) is 10.2 Å². The quantitative estimate of drug-likeness (QED) is 0.129. The standard InChI is InChI=1S/C19H17N3O3.2C4H9.Sn/c1-12-18(24)17(14(11-23)9-20-12)10-21-22-19(25)16-8-4-6-13-5-2-3-7-15(13)16;2*1-3-4-2;/h2-10,23-24H,11H2,1H3,(H,22,25);2*1,3-4H2,2H3;/q;;;+2/p-2/b21-10+;;;. The summed E-state index contributed by atoms with van der Waals surface area (Å²) >= 11 is 0.149. The SMILES string of the molecule is CCC[CH2][Sn+2][CH2]CCC.Cc1ncc(CO)c(/C=N/N=C(\[O-])c2cccc3ccccc23)c1[O-]. The van der Waals surface area contributed by atoms with Crippen molar-refractivity contribution in [3.8, 4) is 5.75 Å². The van der Waals surface area contributed by atoms with Gasteiger partial charge in [0, 0.05) is 23.4 Å². The van der Waals surface area contributed by atoms with Gasteiger partial charge in [-0.1, -0.05) is 48.2 Å². The fraction of sp³-hybridized carbons (Fsp3) is 0.370. The first-order chi connectivity index (χ1) is 16.5. The Labute approximate surface area is 212 Å². The number of aliphatic hydroxyl groups is 1. The van der Waals surface area contributed by atoms with Gasteiger partial charge in [0.15, 0.2) is 0 Å². The van der Waals surface area contributed by atoms with E-state index < -0.39 is 5.90 Å². The maximum absolute atomic E-state index is 12.3. The number of nitrogens with zero attached hydrogens (tertiary/aromatic N) is 3. The molecule has 2 aromatic carbocycles. The van der Waals surface area contributed by atoms with Gasteiger partial charge in [0.05, 0.1) is 12.8 Å². The van der Waals surface area contributed by atoms with Gasteiger partial charge in [0.1, 0.15) is 0 Å². The summed E-state index contributed by atoms with van der Waals surface area (Å²) < 4.78 is 3.25. The number of benzene rings is 2. The molecular formula is C27H33N3O3Sn. The van der Waals surface area contributed by atoms with Gasteiger partial charge < -0.3 is 15.3 Å². The molecule has 178 valence electrons. The van der Waals surface area contributed by atoms with Crippen molar-refractivity contribution in [2.45, 2.75) is 61.9 Å². The molecule has 0 saturated carbocycles. The molecule has 0 unspecified atom stereocenters. The van der Waals surface area contributed by atoms with E-state index in [1.807, 2.05) is 30.3 Å². The number of aromatic nitrogens is 1. The second-order valence-corrected chi connectivity index (χ2v) is 12.2. The molecule has 0 radical (unpaired) electrons. The molecule has 7 heteroatoms. The average molecular weight is 566 g/mol. The van der Waals surface area contributed by atoms with Crippen LogP contribution < -0.4 is 10.2 Å². The van der Waals surface area contributed by atoms with Crippen molar-refractivity contribution >= 4 is 44.0 Å². The Bertz CT molecular complexity index is 1090. The number of hydrogen-bond donors (Lipinski definition) is 1. The number of aliphatic hydroxyl groups excluding tert-OH is 1. The van der Waals surface area contributed by atoms with Gasteiger partial charge in [0.2, 0.25) is 0 Å². The summed E-state index contributed by atoms with van der Waals surface area (Å²) in [4.78, 5) is 3.90. The van der Waals surface area contributed by atoms with Crippen molar-refractivity contribution in [1.82, 2.24) is 4.98 Å². The third-order valence-corrected chi connectivity index (χ3v) is 9.31. The van der Waals surface area contributed by atoms with Crippen molar-refractivity contribution in [1.29, 1.82) is 0 Å². The molecule has 0 saturated heterocycles. The first-order valence-electron chi connectivity index (χ1n) is 11.8. The van der Waals surface area contributed by atoms with Crippen LogP contribution in [0.1, 0.15) is 61.9 Å². The Morgan fingerprint density at radius 1 is 1.06 bits per heavy atom. The van der Waals surface area contributed by atoms with Crippen LogP contribution in [0.5, 0.6) is 5.75 Å². The number of unbranched alkanes of at least 4 members (excludes halogenated alkanes) is 2. The number of hydrogen-bond acceptors (Lipinski definition) is 6. The van der Waals surface area contributed by atoms with Gasteiger partial charge in [-0.25, -0.2) is 0 Å². The Balaban J connectivity index is 0.000000387. The maximum Gasteiger partial charge on any atom is 0.0703 e. The molecule has 1 heterocycles. The Hall–Kier alpha value is -2.45. The van der Waals surface area contributed by atoms with Crippen molar-refractivity contribution in [3.63, 3.8) is 0 Å². The van der Waals surface area contributed by atoms with Crippen LogP contribution in [-0.4, -0.2) is 43.3 Å². The van der Waals surface area contributed by atoms with E-state index in [4.69, 9.17) is 0 Å². The zero-order valence-electron chi connectivity index (χ0n) is 20.3. The number of aryl methyl sites for hydroxylation is 1. The minimum atomic E-state index is -0.503. The molecular weight excluding hydrogens is 533 g/mol. The van der Waals surface area contributed by atoms with Gasteiger partial charge in [-0.05, 0) is 28.8 Å². The van der Waals surface area contributed by atoms with Crippen molar-refractivity contribution in [2.75, 3.05) is 0 Å². The maximum atomic E-state index is 12.3. The summed E-state index contributed by atoms with van der Waals surface area (Å²) in [5.74, 6) is -0.847. The number of rotatable bonds is 10. The minimum Gasteiger partial charge on any atom is -0.871 e. The summed E-state index contributed by atoms with van der Waals surface area (Å²) in [7, 11) is 0. The van der Waals surface area contributed by atoms with Gasteiger partial charge in [-0.3, -0.25) is 4.98 Å². The molecule has 0 amide bonds. The zero-order valence-corrected chi connectivity index (χ0v) is 23.1. The molecule has 3 rings (SSSR count). The Kier molecular flexibility index (Phi) is 12.6. The smallest absolute Gasteiger partial charge is 0.0703 e. The third-order valence-electron chi connectivity index (χ3n) is 5.27. The summed E-state index contributed by atoms with van der Waals surface area (Å²) in [5.41, 5.74) is 1.25. The first-order valence-corrected chi connectivity index (χ1v) is 15.8. The monoisotopic (exact) mass is 567 g/mol. The van der Waals surface area contributed by atoms with Gasteiger partial charge in [-0.2, -0.15) is 10.2 Å². The zero-order chi connectivity index (χ0) is 24.8. The molecule has 0 atom stereocenters. The molecule has 1 aromatic heterocycles. The van der Waals surface area contributed by atoms with Crippen LogP contribution in [0.2, 0.25) is 8.87 Å². The van der Waals surface area contributed by atoms with E-state index in [0.29, 0.717) is 16.8 Å². The van der Waals surface area contributed by atoms with Crippen LogP contribution in [0, 0.1) is 6.92 Å². The van der Waals surface area contributed by atoms with E-state index >= 15 is 0 Å². The molecule has 6 nitrogen and oxygen atoms in total. The normalized spacial score (nSPS) is 11.4. The molecule has 1 N–H and O–H groups in total.